The predicted octanol–water partition coefficient (Wildman–Crippen LogP) is 1.90. The lowest BCUT2D eigenvalue weighted by atomic mass is 9.83. The van der Waals surface area contributed by atoms with Crippen LogP contribution in [0.4, 0.5) is 0 Å². The molecule has 0 radical (unpaired) electrons. The summed E-state index contributed by atoms with van der Waals surface area (Å²) < 4.78 is 0. The van der Waals surface area contributed by atoms with E-state index < -0.39 is 5.97 Å². The van der Waals surface area contributed by atoms with E-state index in [1.54, 1.807) is 0 Å². The van der Waals surface area contributed by atoms with E-state index in [-0.39, 0.29) is 11.3 Å². The van der Waals surface area contributed by atoms with Crippen molar-refractivity contribution in [1.82, 2.24) is 0 Å². The van der Waals surface area contributed by atoms with E-state index in [0.29, 0.717) is 11.8 Å². The molecule has 0 bridgehead atoms. The fourth-order valence-corrected chi connectivity index (χ4v) is 3.01. The number of carbonyl (C=O) groups is 1. The number of hydrogen-bond acceptors (Lipinski definition) is 1. The minimum atomic E-state index is -0.617. The average Bonchev–Trinajstić information content (AvgIpc) is 3.05. The first-order chi connectivity index (χ1) is 6.67. The van der Waals surface area contributed by atoms with Crippen LogP contribution in [0.15, 0.2) is 30.3 Å². The molecule has 0 amide bonds. The fourth-order valence-electron chi connectivity index (χ4n) is 3.01. The lowest BCUT2D eigenvalue weighted by molar-refractivity contribution is -0.140. The Kier molecular flexibility index (Phi) is 1.26. The molecule has 1 N–H and O–H groups in total. The van der Waals surface area contributed by atoms with E-state index in [1.165, 1.54) is 5.56 Å². The zero-order valence-corrected chi connectivity index (χ0v) is 7.97. The highest BCUT2D eigenvalue weighted by atomic mass is 16.4. The van der Waals surface area contributed by atoms with Gasteiger partial charge in [0.1, 0.15) is 0 Å². The van der Waals surface area contributed by atoms with Crippen LogP contribution in [0.1, 0.15) is 12.5 Å². The summed E-state index contributed by atoms with van der Waals surface area (Å²) in [5.74, 6) is 0.137. The lowest BCUT2D eigenvalue weighted by Crippen LogP contribution is -2.23. The molecular weight excluding hydrogens is 176 g/mol. The van der Waals surface area contributed by atoms with Gasteiger partial charge in [0.25, 0.3) is 0 Å². The van der Waals surface area contributed by atoms with Crippen LogP contribution in [-0.2, 0) is 10.2 Å². The smallest absolute Gasteiger partial charge is 0.307 e. The van der Waals surface area contributed by atoms with Gasteiger partial charge in [0.15, 0.2) is 0 Å². The maximum absolute atomic E-state index is 10.7. The molecule has 2 nitrogen and oxygen atoms in total. The van der Waals surface area contributed by atoms with Gasteiger partial charge >= 0.3 is 5.97 Å². The van der Waals surface area contributed by atoms with Crippen molar-refractivity contribution in [2.45, 2.75) is 12.3 Å². The molecule has 2 saturated carbocycles. The van der Waals surface area contributed by atoms with Gasteiger partial charge in [0, 0.05) is 5.41 Å². The van der Waals surface area contributed by atoms with Gasteiger partial charge in [-0.25, -0.2) is 0 Å². The second kappa shape index (κ2) is 2.19. The molecule has 1 aromatic carbocycles. The summed E-state index contributed by atoms with van der Waals surface area (Å²) in [6, 6.07) is 10.2. The largest absolute Gasteiger partial charge is 0.481 e. The average molecular weight is 188 g/mol. The van der Waals surface area contributed by atoms with Crippen molar-refractivity contribution < 1.29 is 9.90 Å². The number of fused-ring (bicyclic) bond motifs is 1. The number of carboxylic acid groups (broad SMARTS) is 1. The predicted molar refractivity (Wildman–Crippen MR) is 51.9 cm³/mol. The van der Waals surface area contributed by atoms with Gasteiger partial charge in [0.2, 0.25) is 0 Å². The van der Waals surface area contributed by atoms with Crippen molar-refractivity contribution in [2.24, 2.45) is 17.8 Å². The molecule has 2 atom stereocenters. The van der Waals surface area contributed by atoms with Crippen LogP contribution in [0.3, 0.4) is 0 Å². The van der Waals surface area contributed by atoms with Crippen molar-refractivity contribution >= 4 is 5.97 Å². The molecular formula is C12H12O2. The topological polar surface area (TPSA) is 37.3 Å². The van der Waals surface area contributed by atoms with Crippen LogP contribution in [0.2, 0.25) is 0 Å². The van der Waals surface area contributed by atoms with Crippen LogP contribution in [0, 0.1) is 17.8 Å². The van der Waals surface area contributed by atoms with Crippen LogP contribution in [0.5, 0.6) is 0 Å². The lowest BCUT2D eigenvalue weighted by Gasteiger charge is -2.20. The number of rotatable bonds is 2. The third-order valence-electron chi connectivity index (χ3n) is 3.98. The molecule has 1 aromatic rings. The number of hydrogen-bond donors (Lipinski definition) is 1. The molecule has 3 rings (SSSR count). The maximum atomic E-state index is 10.7. The highest BCUT2D eigenvalue weighted by Crippen LogP contribution is 2.81. The molecule has 0 aromatic heterocycles. The Morgan fingerprint density at radius 3 is 2.36 bits per heavy atom. The van der Waals surface area contributed by atoms with Crippen molar-refractivity contribution in [3.05, 3.63) is 35.9 Å². The van der Waals surface area contributed by atoms with Crippen LogP contribution >= 0.6 is 0 Å². The van der Waals surface area contributed by atoms with Gasteiger partial charge in [0.05, 0.1) is 5.92 Å². The van der Waals surface area contributed by atoms with Crippen molar-refractivity contribution in [1.29, 1.82) is 0 Å². The number of carboxylic acids is 1. The summed E-state index contributed by atoms with van der Waals surface area (Å²) in [7, 11) is 0. The summed E-state index contributed by atoms with van der Waals surface area (Å²) in [6.07, 6.45) is 0. The molecule has 2 aliphatic carbocycles. The van der Waals surface area contributed by atoms with Gasteiger partial charge in [-0.1, -0.05) is 37.3 Å². The SMILES string of the molecule is CC1(c2ccccc2)C2C(C(=O)O)C21. The van der Waals surface area contributed by atoms with E-state index in [9.17, 15) is 4.79 Å². The van der Waals surface area contributed by atoms with Gasteiger partial charge < -0.3 is 5.11 Å². The number of benzene rings is 1. The molecule has 0 heterocycles. The molecule has 0 saturated heterocycles. The summed E-state index contributed by atoms with van der Waals surface area (Å²) >= 11 is 0. The minimum Gasteiger partial charge on any atom is -0.481 e. The fraction of sp³-hybridized carbons (Fsp3) is 0.417. The van der Waals surface area contributed by atoms with E-state index >= 15 is 0 Å². The Morgan fingerprint density at radius 2 is 1.86 bits per heavy atom. The first-order valence-corrected chi connectivity index (χ1v) is 4.95. The summed E-state index contributed by atoms with van der Waals surface area (Å²) in [4.78, 5) is 10.7. The molecule has 2 aliphatic rings. The van der Waals surface area contributed by atoms with E-state index in [2.05, 4.69) is 19.1 Å². The van der Waals surface area contributed by atoms with Crippen molar-refractivity contribution in [3.63, 3.8) is 0 Å². The zero-order valence-electron chi connectivity index (χ0n) is 7.97. The number of aliphatic carboxylic acids is 1. The van der Waals surface area contributed by atoms with Gasteiger partial charge in [-0.15, -0.1) is 0 Å². The standard InChI is InChI=1S/C12H12O2/c1-12(7-5-3-2-4-6-7)9-8(10(9)12)11(13)14/h2-6,8-10H,1H3,(H,13,14). The molecule has 2 fully saturated rings. The highest BCUT2D eigenvalue weighted by molar-refractivity contribution is 5.79. The summed E-state index contributed by atoms with van der Waals surface area (Å²) in [5.41, 5.74) is 1.47. The van der Waals surface area contributed by atoms with Gasteiger partial charge in [-0.2, -0.15) is 0 Å². The molecule has 14 heavy (non-hydrogen) atoms. The van der Waals surface area contributed by atoms with E-state index in [4.69, 9.17) is 5.11 Å². The normalized spacial score (nSPS) is 42.8. The second-order valence-electron chi connectivity index (χ2n) is 4.56. The first kappa shape index (κ1) is 8.04. The quantitative estimate of drug-likeness (QED) is 0.769. The Balaban J connectivity index is 1.83. The second-order valence-corrected chi connectivity index (χ2v) is 4.56. The van der Waals surface area contributed by atoms with Crippen LogP contribution in [0.25, 0.3) is 0 Å². The molecule has 2 heteroatoms. The van der Waals surface area contributed by atoms with Gasteiger partial charge in [-0.3, -0.25) is 4.79 Å². The monoisotopic (exact) mass is 188 g/mol. The Bertz CT molecular complexity index is 386. The van der Waals surface area contributed by atoms with Crippen molar-refractivity contribution in [2.75, 3.05) is 0 Å². The summed E-state index contributed by atoms with van der Waals surface area (Å²) in [6.45, 7) is 2.18. The minimum absolute atomic E-state index is 0.0554. The van der Waals surface area contributed by atoms with Crippen LogP contribution < -0.4 is 0 Å². The Morgan fingerprint density at radius 1 is 1.29 bits per heavy atom. The molecule has 2 unspecified atom stereocenters. The Labute approximate surface area is 82.6 Å². The third-order valence-corrected chi connectivity index (χ3v) is 3.98. The van der Waals surface area contributed by atoms with Crippen molar-refractivity contribution in [3.8, 4) is 0 Å². The van der Waals surface area contributed by atoms with Gasteiger partial charge in [-0.05, 0) is 17.4 Å². The maximum Gasteiger partial charge on any atom is 0.307 e. The van der Waals surface area contributed by atoms with Crippen LogP contribution in [-0.4, -0.2) is 11.1 Å². The first-order valence-electron chi connectivity index (χ1n) is 4.95. The Hall–Kier alpha value is -1.31. The zero-order chi connectivity index (χ0) is 9.92. The molecule has 0 spiro atoms. The highest BCUT2D eigenvalue weighted by Gasteiger charge is 2.84. The molecule has 72 valence electrons. The van der Waals surface area contributed by atoms with E-state index in [1.807, 2.05) is 18.2 Å². The van der Waals surface area contributed by atoms with E-state index in [0.717, 1.165) is 0 Å². The summed E-state index contributed by atoms with van der Waals surface area (Å²) in [5, 5.41) is 8.83. The molecule has 0 aliphatic heterocycles. The third kappa shape index (κ3) is 0.746.